The summed E-state index contributed by atoms with van der Waals surface area (Å²) < 4.78 is 5.45. The largest absolute Gasteiger partial charge is 0.378 e. The third-order valence-corrected chi connectivity index (χ3v) is 2.93. The van der Waals surface area contributed by atoms with Gasteiger partial charge in [-0.05, 0) is 37.3 Å². The third kappa shape index (κ3) is 11.3. The van der Waals surface area contributed by atoms with Crippen molar-refractivity contribution >= 4 is 11.6 Å². The second-order valence-electron chi connectivity index (χ2n) is 5.52. The molecular formula is C21H36O. The van der Waals surface area contributed by atoms with E-state index >= 15 is 0 Å². The van der Waals surface area contributed by atoms with E-state index in [1.54, 1.807) is 0 Å². The quantitative estimate of drug-likeness (QED) is 0.558. The fourth-order valence-corrected chi connectivity index (χ4v) is 1.54. The molecular weight excluding hydrogens is 268 g/mol. The Kier molecular flexibility index (Phi) is 15.2. The summed E-state index contributed by atoms with van der Waals surface area (Å²) in [5.74, 6) is 0.666. The van der Waals surface area contributed by atoms with E-state index in [1.165, 1.54) is 5.56 Å². The minimum atomic E-state index is 0.437. The molecule has 0 aliphatic rings. The van der Waals surface area contributed by atoms with Gasteiger partial charge in [0.1, 0.15) is 0 Å². The minimum absolute atomic E-state index is 0.437. The molecule has 1 nitrogen and oxygen atoms in total. The van der Waals surface area contributed by atoms with Crippen LogP contribution in [0, 0.1) is 5.92 Å². The molecule has 0 aromatic heterocycles. The van der Waals surface area contributed by atoms with Gasteiger partial charge in [-0.3, -0.25) is 0 Å². The van der Waals surface area contributed by atoms with E-state index in [2.05, 4.69) is 46.9 Å². The number of rotatable bonds is 6. The lowest BCUT2D eigenvalue weighted by Gasteiger charge is -2.11. The van der Waals surface area contributed by atoms with E-state index in [0.29, 0.717) is 12.0 Å². The summed E-state index contributed by atoms with van der Waals surface area (Å²) in [6, 6.07) is 8.11. The van der Waals surface area contributed by atoms with E-state index in [4.69, 9.17) is 4.74 Å². The monoisotopic (exact) mass is 304 g/mol. The molecule has 0 bridgehead atoms. The molecule has 126 valence electrons. The molecule has 0 radical (unpaired) electrons. The Bertz CT molecular complexity index is 404. The Morgan fingerprint density at radius 3 is 2.09 bits per heavy atom. The Hall–Kier alpha value is -1.34. The summed E-state index contributed by atoms with van der Waals surface area (Å²) in [5, 5.41) is 0. The zero-order valence-corrected chi connectivity index (χ0v) is 15.8. The van der Waals surface area contributed by atoms with Crippen molar-refractivity contribution in [1.82, 2.24) is 0 Å². The Labute approximate surface area is 139 Å². The van der Waals surface area contributed by atoms with E-state index in [9.17, 15) is 0 Å². The van der Waals surface area contributed by atoms with Crippen LogP contribution in [0.15, 0.2) is 37.4 Å². The fourth-order valence-electron chi connectivity index (χ4n) is 1.54. The molecule has 1 aromatic rings. The summed E-state index contributed by atoms with van der Waals surface area (Å²) in [5.41, 5.74) is 3.42. The molecule has 0 aliphatic heterocycles. The van der Waals surface area contributed by atoms with Crippen LogP contribution in [0.5, 0.6) is 0 Å². The number of ether oxygens (including phenoxy) is 1. The van der Waals surface area contributed by atoms with Crippen molar-refractivity contribution in [2.45, 2.75) is 61.0 Å². The predicted octanol–water partition coefficient (Wildman–Crippen LogP) is 6.85. The number of hydrogen-bond donors (Lipinski definition) is 0. The average molecular weight is 305 g/mol. The highest BCUT2D eigenvalue weighted by Crippen LogP contribution is 2.17. The topological polar surface area (TPSA) is 9.23 Å². The summed E-state index contributed by atoms with van der Waals surface area (Å²) in [7, 11) is 0. The predicted molar refractivity (Wildman–Crippen MR) is 103 cm³/mol. The minimum Gasteiger partial charge on any atom is -0.378 e. The fraction of sp³-hybridized carbons (Fsp3) is 0.524. The maximum atomic E-state index is 5.45. The van der Waals surface area contributed by atoms with Crippen molar-refractivity contribution in [1.29, 1.82) is 0 Å². The van der Waals surface area contributed by atoms with E-state index in [-0.39, 0.29) is 0 Å². The Morgan fingerprint density at radius 2 is 1.73 bits per heavy atom. The lowest BCUT2D eigenvalue weighted by Crippen LogP contribution is -2.10. The van der Waals surface area contributed by atoms with Gasteiger partial charge in [-0.15, -0.1) is 0 Å². The molecule has 1 heteroatoms. The third-order valence-electron chi connectivity index (χ3n) is 2.93. The summed E-state index contributed by atoms with van der Waals surface area (Å²) in [6.45, 7) is 23.1. The van der Waals surface area contributed by atoms with Crippen molar-refractivity contribution in [3.05, 3.63) is 48.6 Å². The first-order valence-electron chi connectivity index (χ1n) is 8.41. The molecule has 0 heterocycles. The van der Waals surface area contributed by atoms with Gasteiger partial charge in [-0.1, -0.05) is 83.7 Å². The van der Waals surface area contributed by atoms with Crippen LogP contribution in [0.2, 0.25) is 0 Å². The lowest BCUT2D eigenvalue weighted by molar-refractivity contribution is 0.0455. The van der Waals surface area contributed by atoms with Gasteiger partial charge in [-0.2, -0.15) is 0 Å². The highest BCUT2D eigenvalue weighted by molar-refractivity contribution is 5.71. The molecule has 1 unspecified atom stereocenters. The zero-order valence-electron chi connectivity index (χ0n) is 15.8. The van der Waals surface area contributed by atoms with Crippen molar-refractivity contribution < 1.29 is 4.74 Å². The van der Waals surface area contributed by atoms with Crippen LogP contribution < -0.4 is 0 Å². The average Bonchev–Trinajstić information content (AvgIpc) is 2.54. The maximum Gasteiger partial charge on any atom is 0.0544 e. The van der Waals surface area contributed by atoms with Crippen LogP contribution >= 0.6 is 0 Å². The van der Waals surface area contributed by atoms with Crippen molar-refractivity contribution in [3.63, 3.8) is 0 Å². The van der Waals surface area contributed by atoms with Crippen LogP contribution in [0.1, 0.15) is 66.0 Å². The molecule has 0 N–H and O–H groups in total. The van der Waals surface area contributed by atoms with Gasteiger partial charge in [0, 0.05) is 6.61 Å². The SMILES string of the molecule is C=Cc1ccccc1C(=C)C.CC.CCC(C)OCC(C)C. The molecule has 0 aliphatic carbocycles. The van der Waals surface area contributed by atoms with Gasteiger partial charge < -0.3 is 4.74 Å². The van der Waals surface area contributed by atoms with E-state index < -0.39 is 0 Å². The number of benzene rings is 1. The lowest BCUT2D eigenvalue weighted by atomic mass is 10.0. The maximum absolute atomic E-state index is 5.45. The Balaban J connectivity index is 0. The normalized spacial score (nSPS) is 10.7. The van der Waals surface area contributed by atoms with Crippen LogP contribution in [0.25, 0.3) is 11.6 Å². The van der Waals surface area contributed by atoms with Crippen molar-refractivity contribution in [3.8, 4) is 0 Å². The second-order valence-corrected chi connectivity index (χ2v) is 5.52. The number of allylic oxidation sites excluding steroid dienone is 1. The Morgan fingerprint density at radius 1 is 1.18 bits per heavy atom. The first-order valence-corrected chi connectivity index (χ1v) is 8.41. The van der Waals surface area contributed by atoms with Gasteiger partial charge >= 0.3 is 0 Å². The van der Waals surface area contributed by atoms with Crippen LogP contribution in [0.4, 0.5) is 0 Å². The molecule has 0 saturated heterocycles. The molecule has 1 atom stereocenters. The highest BCUT2D eigenvalue weighted by Gasteiger charge is 1.99. The van der Waals surface area contributed by atoms with Crippen molar-refractivity contribution in [2.24, 2.45) is 5.92 Å². The van der Waals surface area contributed by atoms with E-state index in [0.717, 1.165) is 24.2 Å². The molecule has 0 spiro atoms. The van der Waals surface area contributed by atoms with Crippen LogP contribution in [0.3, 0.4) is 0 Å². The number of hydrogen-bond acceptors (Lipinski definition) is 1. The van der Waals surface area contributed by atoms with Crippen LogP contribution in [-0.4, -0.2) is 12.7 Å². The first-order chi connectivity index (χ1) is 10.4. The highest BCUT2D eigenvalue weighted by atomic mass is 16.5. The molecule has 0 amide bonds. The molecule has 1 aromatic carbocycles. The second kappa shape index (κ2) is 14.6. The van der Waals surface area contributed by atoms with Gasteiger partial charge in [0.2, 0.25) is 0 Å². The zero-order chi connectivity index (χ0) is 17.5. The molecule has 0 fully saturated rings. The standard InChI is InChI=1S/C11H12.C8H18O.C2H6/c1-4-10-7-5-6-8-11(10)9(2)3;1-5-8(4)9-6-7(2)3;1-2/h4-8H,1-2H2,3H3;7-8H,5-6H2,1-4H3;1-2H3. The molecule has 22 heavy (non-hydrogen) atoms. The smallest absolute Gasteiger partial charge is 0.0544 e. The summed E-state index contributed by atoms with van der Waals surface area (Å²) >= 11 is 0. The van der Waals surface area contributed by atoms with Gasteiger partial charge in [0.05, 0.1) is 6.10 Å². The first kappa shape index (κ1) is 22.9. The van der Waals surface area contributed by atoms with Gasteiger partial charge in [-0.25, -0.2) is 0 Å². The summed E-state index contributed by atoms with van der Waals surface area (Å²) in [6.07, 6.45) is 3.41. The molecule has 1 rings (SSSR count). The van der Waals surface area contributed by atoms with Gasteiger partial charge in [0.15, 0.2) is 0 Å². The van der Waals surface area contributed by atoms with Crippen LogP contribution in [-0.2, 0) is 4.74 Å². The molecule has 0 saturated carbocycles. The summed E-state index contributed by atoms with van der Waals surface area (Å²) in [4.78, 5) is 0. The van der Waals surface area contributed by atoms with Crippen molar-refractivity contribution in [2.75, 3.05) is 6.61 Å². The van der Waals surface area contributed by atoms with E-state index in [1.807, 2.05) is 45.0 Å². The van der Waals surface area contributed by atoms with Gasteiger partial charge in [0.25, 0.3) is 0 Å².